The largest absolute Gasteiger partial charge is 0.466 e. The number of hydrogen-bond acceptors (Lipinski definition) is 4. The predicted octanol–water partition coefficient (Wildman–Crippen LogP) is 3.99. The van der Waals surface area contributed by atoms with Crippen molar-refractivity contribution in [3.63, 3.8) is 0 Å². The van der Waals surface area contributed by atoms with E-state index in [-0.39, 0.29) is 18.4 Å². The number of esters is 1. The highest BCUT2D eigenvalue weighted by atomic mass is 79.9. The van der Waals surface area contributed by atoms with Gasteiger partial charge in [0.1, 0.15) is 0 Å². The van der Waals surface area contributed by atoms with Crippen LogP contribution in [0.15, 0.2) is 22.7 Å². The number of ether oxygens (including phenoxy) is 1. The van der Waals surface area contributed by atoms with Crippen molar-refractivity contribution in [2.75, 3.05) is 6.61 Å². The first-order valence-electron chi connectivity index (χ1n) is 6.58. The Labute approximate surface area is 138 Å². The zero-order valence-electron chi connectivity index (χ0n) is 12.2. The van der Waals surface area contributed by atoms with Gasteiger partial charge in [-0.1, -0.05) is 22.0 Å². The number of halogens is 2. The molecule has 0 amide bonds. The molecule has 0 aliphatic carbocycles. The van der Waals surface area contributed by atoms with E-state index in [2.05, 4.69) is 26.8 Å². The third-order valence-corrected chi connectivity index (χ3v) is 3.85. The Morgan fingerprint density at radius 2 is 2.19 bits per heavy atom. The molecule has 0 heterocycles. The first-order valence-corrected chi connectivity index (χ1v) is 7.75. The van der Waals surface area contributed by atoms with Crippen molar-refractivity contribution in [3.8, 4) is 6.07 Å². The molecule has 1 aromatic carbocycles. The minimum absolute atomic E-state index is 0.125. The van der Waals surface area contributed by atoms with Crippen LogP contribution < -0.4 is 4.84 Å². The van der Waals surface area contributed by atoms with E-state index < -0.39 is 5.41 Å². The predicted molar refractivity (Wildman–Crippen MR) is 85.8 cm³/mol. The lowest BCUT2D eigenvalue weighted by Crippen LogP contribution is -2.20. The molecule has 4 nitrogen and oxygen atoms in total. The maximum absolute atomic E-state index is 11.6. The molecule has 0 saturated carbocycles. The van der Waals surface area contributed by atoms with E-state index in [1.807, 2.05) is 32.0 Å². The summed E-state index contributed by atoms with van der Waals surface area (Å²) in [4.78, 5) is 14.2. The third-order valence-electron chi connectivity index (χ3n) is 3.13. The summed E-state index contributed by atoms with van der Waals surface area (Å²) in [5.74, 6) is -0.322. The number of hydrogen-bond donors (Lipinski definition) is 1. The van der Waals surface area contributed by atoms with E-state index >= 15 is 0 Å². The number of nitriles is 1. The smallest absolute Gasteiger partial charge is 0.307 e. The maximum Gasteiger partial charge on any atom is 0.307 e. The molecular weight excluding hydrogens is 356 g/mol. The number of nitrogens with one attached hydrogen (secondary N) is 1. The van der Waals surface area contributed by atoms with E-state index in [9.17, 15) is 10.1 Å². The quantitative estimate of drug-likeness (QED) is 0.605. The van der Waals surface area contributed by atoms with Gasteiger partial charge in [0.15, 0.2) is 0 Å². The molecule has 6 heteroatoms. The van der Waals surface area contributed by atoms with Gasteiger partial charge >= 0.3 is 5.97 Å². The van der Waals surface area contributed by atoms with E-state index in [1.165, 1.54) is 0 Å². The number of carbonyl (C=O) groups excluding carboxylic acids is 1. The van der Waals surface area contributed by atoms with Crippen LogP contribution >= 0.6 is 27.7 Å². The zero-order chi connectivity index (χ0) is 16.0. The molecule has 0 saturated heterocycles. The fourth-order valence-corrected chi connectivity index (χ4v) is 2.56. The van der Waals surface area contributed by atoms with Crippen LogP contribution in [0.4, 0.5) is 0 Å². The molecule has 21 heavy (non-hydrogen) atoms. The molecule has 1 N–H and O–H groups in total. The van der Waals surface area contributed by atoms with Crippen molar-refractivity contribution in [1.82, 2.24) is 4.84 Å². The molecule has 0 bridgehead atoms. The summed E-state index contributed by atoms with van der Waals surface area (Å²) < 4.78 is 5.78. The molecule has 0 aromatic heterocycles. The van der Waals surface area contributed by atoms with Gasteiger partial charge in [0.05, 0.1) is 30.6 Å². The minimum Gasteiger partial charge on any atom is -0.466 e. The second-order valence-electron chi connectivity index (χ2n) is 5.18. The van der Waals surface area contributed by atoms with Crippen LogP contribution in [-0.4, -0.2) is 12.6 Å². The number of benzene rings is 1. The Morgan fingerprint density at radius 1 is 1.52 bits per heavy atom. The van der Waals surface area contributed by atoms with Gasteiger partial charge in [-0.2, -0.15) is 5.26 Å². The van der Waals surface area contributed by atoms with Gasteiger partial charge in [-0.05, 0) is 55.8 Å². The average Bonchev–Trinajstić information content (AvgIpc) is 2.44. The first kappa shape index (κ1) is 18.0. The zero-order valence-corrected chi connectivity index (χ0v) is 14.6. The number of nitrogens with zero attached hydrogens (tertiary/aromatic N) is 1. The second kappa shape index (κ2) is 7.79. The summed E-state index contributed by atoms with van der Waals surface area (Å²) in [6.45, 7) is 5.77. The lowest BCUT2D eigenvalue weighted by atomic mass is 9.84. The van der Waals surface area contributed by atoms with Gasteiger partial charge < -0.3 is 4.74 Å². The molecule has 1 rings (SSSR count). The van der Waals surface area contributed by atoms with Gasteiger partial charge in [0, 0.05) is 4.47 Å². The Morgan fingerprint density at radius 3 is 2.71 bits per heavy atom. The fraction of sp³-hybridized carbons (Fsp3) is 0.467. The molecule has 0 radical (unpaired) electrons. The van der Waals surface area contributed by atoms with Crippen molar-refractivity contribution in [3.05, 3.63) is 33.8 Å². The standard InChI is InChI=1S/C15H18BrClN2O2/c1-4-21-14(20)8-13(19-17)10-5-11(7-12(16)6-10)15(2,3)9-18/h5-7,13,19H,4,8H2,1-3H3/t13-/m0/s1. The molecule has 0 aliphatic heterocycles. The fourth-order valence-electron chi connectivity index (χ4n) is 1.84. The second-order valence-corrected chi connectivity index (χ2v) is 6.31. The van der Waals surface area contributed by atoms with Crippen LogP contribution in [0.3, 0.4) is 0 Å². The highest BCUT2D eigenvalue weighted by Crippen LogP contribution is 2.30. The normalized spacial score (nSPS) is 12.6. The van der Waals surface area contributed by atoms with Crippen LogP contribution in [0.2, 0.25) is 0 Å². The van der Waals surface area contributed by atoms with Crippen LogP contribution in [0.25, 0.3) is 0 Å². The molecule has 0 aliphatic rings. The molecule has 1 atom stereocenters. The Kier molecular flexibility index (Phi) is 6.66. The summed E-state index contributed by atoms with van der Waals surface area (Å²) >= 11 is 9.19. The highest BCUT2D eigenvalue weighted by molar-refractivity contribution is 9.10. The molecule has 1 aromatic rings. The van der Waals surface area contributed by atoms with Gasteiger partial charge in [-0.15, -0.1) is 0 Å². The van der Waals surface area contributed by atoms with Crippen molar-refractivity contribution in [2.45, 2.75) is 38.6 Å². The van der Waals surface area contributed by atoms with Gasteiger partial charge in [-0.3, -0.25) is 4.79 Å². The van der Waals surface area contributed by atoms with Crippen LogP contribution in [0.5, 0.6) is 0 Å². The maximum atomic E-state index is 11.6. The topological polar surface area (TPSA) is 62.1 Å². The Hall–Kier alpha value is -1.09. The van der Waals surface area contributed by atoms with Crippen LogP contribution in [0.1, 0.15) is 44.4 Å². The van der Waals surface area contributed by atoms with E-state index in [0.29, 0.717) is 6.61 Å². The lowest BCUT2D eigenvalue weighted by Gasteiger charge is -2.20. The van der Waals surface area contributed by atoms with Crippen LogP contribution in [0, 0.1) is 11.3 Å². The lowest BCUT2D eigenvalue weighted by molar-refractivity contribution is -0.143. The van der Waals surface area contributed by atoms with Gasteiger partial charge in [0.2, 0.25) is 0 Å². The monoisotopic (exact) mass is 372 g/mol. The number of rotatable bonds is 6. The van der Waals surface area contributed by atoms with E-state index in [0.717, 1.165) is 15.6 Å². The molecule has 0 spiro atoms. The van der Waals surface area contributed by atoms with Gasteiger partial charge in [0.25, 0.3) is 0 Å². The number of carbonyl (C=O) groups is 1. The molecule has 0 fully saturated rings. The molecule has 0 unspecified atom stereocenters. The summed E-state index contributed by atoms with van der Waals surface area (Å²) in [6.07, 6.45) is 0.125. The summed E-state index contributed by atoms with van der Waals surface area (Å²) in [5, 5.41) is 9.26. The van der Waals surface area contributed by atoms with Crippen molar-refractivity contribution in [2.24, 2.45) is 0 Å². The summed E-state index contributed by atoms with van der Waals surface area (Å²) in [6, 6.07) is 7.53. The minimum atomic E-state index is -0.626. The van der Waals surface area contributed by atoms with Gasteiger partial charge in [-0.25, -0.2) is 4.84 Å². The molecule has 114 valence electrons. The summed E-state index contributed by atoms with van der Waals surface area (Å²) in [7, 11) is 0. The van der Waals surface area contributed by atoms with Crippen molar-refractivity contribution < 1.29 is 9.53 Å². The summed E-state index contributed by atoms with van der Waals surface area (Å²) in [5.41, 5.74) is 1.06. The van der Waals surface area contributed by atoms with E-state index in [4.69, 9.17) is 16.5 Å². The molecular formula is C15H18BrClN2O2. The highest BCUT2D eigenvalue weighted by Gasteiger charge is 2.23. The SMILES string of the molecule is CCOC(=O)C[C@H](NCl)c1cc(Br)cc(C(C)(C)C#N)c1. The first-order chi connectivity index (χ1) is 9.83. The Balaban J connectivity index is 3.11. The van der Waals surface area contributed by atoms with Crippen molar-refractivity contribution in [1.29, 1.82) is 5.26 Å². The Bertz CT molecular complexity index is 555. The average molecular weight is 374 g/mol. The van der Waals surface area contributed by atoms with E-state index in [1.54, 1.807) is 6.92 Å². The van der Waals surface area contributed by atoms with Crippen molar-refractivity contribution >= 4 is 33.7 Å². The van der Waals surface area contributed by atoms with Crippen LogP contribution in [-0.2, 0) is 14.9 Å². The third kappa shape index (κ3) is 4.99.